The lowest BCUT2D eigenvalue weighted by Gasteiger charge is -2.40. The largest absolute Gasteiger partial charge is 0.378 e. The number of ether oxygens (including phenoxy) is 1. The van der Waals surface area contributed by atoms with Crippen molar-refractivity contribution >= 4 is 17.5 Å². The molecule has 94 valence electrons. The van der Waals surface area contributed by atoms with Crippen LogP contribution in [0.25, 0.3) is 0 Å². The van der Waals surface area contributed by atoms with Gasteiger partial charge in [0.25, 0.3) is 0 Å². The van der Waals surface area contributed by atoms with Gasteiger partial charge in [-0.15, -0.1) is 11.6 Å². The van der Waals surface area contributed by atoms with Crippen molar-refractivity contribution in [3.8, 4) is 0 Å². The molecule has 16 heavy (non-hydrogen) atoms. The maximum atomic E-state index is 11.8. The molecule has 1 amide bonds. The number of nitrogens with one attached hydrogen (secondary N) is 1. The van der Waals surface area contributed by atoms with Crippen LogP contribution in [0.15, 0.2) is 0 Å². The van der Waals surface area contributed by atoms with Gasteiger partial charge in [-0.1, -0.05) is 6.92 Å². The van der Waals surface area contributed by atoms with E-state index in [0.29, 0.717) is 12.3 Å². The van der Waals surface area contributed by atoms with Crippen molar-refractivity contribution in [3.63, 3.8) is 0 Å². The smallest absolute Gasteiger partial charge is 0.223 e. The third-order valence-electron chi connectivity index (χ3n) is 3.50. The summed E-state index contributed by atoms with van der Waals surface area (Å²) >= 11 is 5.68. The number of carbonyl (C=O) groups excluding carboxylic acids is 1. The van der Waals surface area contributed by atoms with Crippen molar-refractivity contribution in [1.82, 2.24) is 5.32 Å². The van der Waals surface area contributed by atoms with Crippen LogP contribution in [-0.4, -0.2) is 30.5 Å². The summed E-state index contributed by atoms with van der Waals surface area (Å²) in [6.45, 7) is 2.06. The molecule has 1 unspecified atom stereocenters. The van der Waals surface area contributed by atoms with Gasteiger partial charge in [-0.25, -0.2) is 0 Å². The second-order valence-corrected chi connectivity index (χ2v) is 4.95. The lowest BCUT2D eigenvalue weighted by Crippen LogP contribution is -2.46. The van der Waals surface area contributed by atoms with Crippen LogP contribution in [0, 0.1) is 0 Å². The third kappa shape index (κ3) is 3.63. The van der Waals surface area contributed by atoms with E-state index < -0.39 is 0 Å². The molecule has 0 radical (unpaired) electrons. The van der Waals surface area contributed by atoms with Gasteiger partial charge >= 0.3 is 0 Å². The van der Waals surface area contributed by atoms with Gasteiger partial charge < -0.3 is 10.1 Å². The molecule has 4 heteroatoms. The zero-order valence-corrected chi connectivity index (χ0v) is 11.0. The minimum absolute atomic E-state index is 0.0958. The Bertz CT molecular complexity index is 224. The molecule has 0 bridgehead atoms. The van der Waals surface area contributed by atoms with Gasteiger partial charge in [-0.2, -0.15) is 0 Å². The molecule has 0 saturated heterocycles. The van der Waals surface area contributed by atoms with E-state index in [-0.39, 0.29) is 17.6 Å². The highest BCUT2D eigenvalue weighted by atomic mass is 35.5. The van der Waals surface area contributed by atoms with Crippen molar-refractivity contribution in [1.29, 1.82) is 0 Å². The van der Waals surface area contributed by atoms with Gasteiger partial charge in [-0.3, -0.25) is 4.79 Å². The van der Waals surface area contributed by atoms with Crippen LogP contribution < -0.4 is 5.32 Å². The summed E-state index contributed by atoms with van der Waals surface area (Å²) in [7, 11) is 1.70. The minimum Gasteiger partial charge on any atom is -0.378 e. The molecule has 1 atom stereocenters. The minimum atomic E-state index is -0.177. The lowest BCUT2D eigenvalue weighted by molar-refractivity contribution is -0.134. The summed E-state index contributed by atoms with van der Waals surface area (Å²) in [4.78, 5) is 11.8. The van der Waals surface area contributed by atoms with Crippen molar-refractivity contribution < 1.29 is 9.53 Å². The number of hydrogen-bond acceptors (Lipinski definition) is 2. The first-order valence-corrected chi connectivity index (χ1v) is 6.59. The first-order chi connectivity index (χ1) is 7.65. The van der Waals surface area contributed by atoms with Gasteiger partial charge in [0.1, 0.15) is 0 Å². The van der Waals surface area contributed by atoms with Crippen LogP contribution in [0.4, 0.5) is 0 Å². The molecule has 0 heterocycles. The van der Waals surface area contributed by atoms with Crippen molar-refractivity contribution in [2.24, 2.45) is 0 Å². The fourth-order valence-corrected chi connectivity index (χ4v) is 2.37. The van der Waals surface area contributed by atoms with Crippen LogP contribution in [0.1, 0.15) is 45.4 Å². The molecule has 0 aromatic rings. The van der Waals surface area contributed by atoms with Crippen LogP contribution in [-0.2, 0) is 9.53 Å². The highest BCUT2D eigenvalue weighted by Gasteiger charge is 2.39. The van der Waals surface area contributed by atoms with Crippen LogP contribution in [0.5, 0.6) is 0 Å². The van der Waals surface area contributed by atoms with E-state index in [0.717, 1.165) is 25.7 Å². The zero-order chi connectivity index (χ0) is 12.0. The maximum Gasteiger partial charge on any atom is 0.223 e. The van der Waals surface area contributed by atoms with E-state index in [1.54, 1.807) is 7.11 Å². The van der Waals surface area contributed by atoms with Crippen LogP contribution in [0.3, 0.4) is 0 Å². The first-order valence-electron chi connectivity index (χ1n) is 6.06. The maximum absolute atomic E-state index is 11.8. The number of hydrogen-bond donors (Lipinski definition) is 1. The number of rotatable bonds is 7. The fraction of sp³-hybridized carbons (Fsp3) is 0.917. The molecule has 1 aliphatic rings. The van der Waals surface area contributed by atoms with Crippen LogP contribution >= 0.6 is 11.6 Å². The van der Waals surface area contributed by atoms with Gasteiger partial charge in [-0.05, 0) is 32.1 Å². The first kappa shape index (κ1) is 13.8. The molecule has 0 aromatic heterocycles. The number of carbonyl (C=O) groups is 1. The summed E-state index contributed by atoms with van der Waals surface area (Å²) in [5.74, 6) is 0.687. The number of halogens is 1. The van der Waals surface area contributed by atoms with E-state index in [1.165, 1.54) is 6.42 Å². The van der Waals surface area contributed by atoms with Gasteiger partial charge in [0, 0.05) is 19.0 Å². The summed E-state index contributed by atoms with van der Waals surface area (Å²) in [5.41, 5.74) is -0.177. The molecule has 1 N–H and O–H groups in total. The van der Waals surface area contributed by atoms with Crippen molar-refractivity contribution in [2.75, 3.05) is 13.0 Å². The molecule has 1 saturated carbocycles. The van der Waals surface area contributed by atoms with Crippen molar-refractivity contribution in [3.05, 3.63) is 0 Å². The van der Waals surface area contributed by atoms with E-state index in [9.17, 15) is 4.79 Å². The molecule has 1 aliphatic carbocycles. The highest BCUT2D eigenvalue weighted by Crippen LogP contribution is 2.37. The second-order valence-electron chi connectivity index (χ2n) is 4.57. The number of amides is 1. The molecular weight excluding hydrogens is 226 g/mol. The topological polar surface area (TPSA) is 38.3 Å². The van der Waals surface area contributed by atoms with E-state index in [4.69, 9.17) is 16.3 Å². The third-order valence-corrected chi connectivity index (χ3v) is 3.71. The average molecular weight is 248 g/mol. The molecule has 3 nitrogen and oxygen atoms in total. The second kappa shape index (κ2) is 6.45. The number of alkyl halides is 1. The van der Waals surface area contributed by atoms with Gasteiger partial charge in [0.05, 0.1) is 12.0 Å². The Labute approximate surface area is 103 Å². The van der Waals surface area contributed by atoms with Gasteiger partial charge in [0.15, 0.2) is 0 Å². The Morgan fingerprint density at radius 3 is 2.62 bits per heavy atom. The molecule has 1 rings (SSSR count). The Kier molecular flexibility index (Phi) is 5.56. The van der Waals surface area contributed by atoms with E-state index >= 15 is 0 Å². The Morgan fingerprint density at radius 2 is 2.25 bits per heavy atom. The molecule has 0 aliphatic heterocycles. The van der Waals surface area contributed by atoms with E-state index in [1.807, 2.05) is 0 Å². The van der Waals surface area contributed by atoms with Crippen LogP contribution in [0.2, 0.25) is 0 Å². The lowest BCUT2D eigenvalue weighted by atomic mass is 9.77. The fourth-order valence-electron chi connectivity index (χ4n) is 2.11. The van der Waals surface area contributed by atoms with Gasteiger partial charge in [0.2, 0.25) is 5.91 Å². The summed E-state index contributed by atoms with van der Waals surface area (Å²) in [6, 6.07) is 0.207. The highest BCUT2D eigenvalue weighted by molar-refractivity contribution is 6.17. The van der Waals surface area contributed by atoms with E-state index in [2.05, 4.69) is 12.2 Å². The normalized spacial score (nSPS) is 19.9. The zero-order valence-electron chi connectivity index (χ0n) is 10.2. The number of methoxy groups -OCH3 is 1. The standard InChI is InChI=1S/C12H22ClNO2/c1-3-10(5-8-13)14-11(15)9-12(16-2)6-4-7-12/h10H,3-9H2,1-2H3,(H,14,15). The van der Waals surface area contributed by atoms with Crippen molar-refractivity contribution in [2.45, 2.75) is 57.1 Å². The predicted molar refractivity (Wildman–Crippen MR) is 65.8 cm³/mol. The Morgan fingerprint density at radius 1 is 1.56 bits per heavy atom. The Hall–Kier alpha value is -0.280. The monoisotopic (exact) mass is 247 g/mol. The summed E-state index contributed by atoms with van der Waals surface area (Å²) in [5, 5.41) is 3.02. The SMILES string of the molecule is CCC(CCCl)NC(=O)CC1(OC)CCC1. The molecule has 1 fully saturated rings. The predicted octanol–water partition coefficient (Wildman–Crippen LogP) is 2.47. The Balaban J connectivity index is 2.34. The summed E-state index contributed by atoms with van der Waals surface area (Å²) < 4.78 is 5.43. The quantitative estimate of drug-likeness (QED) is 0.702. The summed E-state index contributed by atoms with van der Waals surface area (Å²) in [6.07, 6.45) is 5.43. The molecule has 0 aromatic carbocycles. The molecular formula is C12H22ClNO2. The average Bonchev–Trinajstić information content (AvgIpc) is 2.23. The molecule has 0 spiro atoms.